The fraction of sp³-hybridized carbons (Fsp3) is 0.391. The van der Waals surface area contributed by atoms with E-state index in [4.69, 9.17) is 15.2 Å². The van der Waals surface area contributed by atoms with Crippen LogP contribution >= 0.6 is 0 Å². The number of nitrogens with two attached hydrogens (primary N) is 1. The van der Waals surface area contributed by atoms with Gasteiger partial charge in [0.2, 0.25) is 11.7 Å². The van der Waals surface area contributed by atoms with Gasteiger partial charge in [0.05, 0.1) is 0 Å². The Bertz CT molecular complexity index is 1160. The Morgan fingerprint density at radius 1 is 1.12 bits per heavy atom. The van der Waals surface area contributed by atoms with Crippen LogP contribution in [0.2, 0.25) is 0 Å². The second-order valence-corrected chi connectivity index (χ2v) is 9.18. The van der Waals surface area contributed by atoms with Crippen LogP contribution in [0, 0.1) is 0 Å². The number of hydrogen-bond acceptors (Lipinski definition) is 8. The van der Waals surface area contributed by atoms with E-state index in [9.17, 15) is 4.79 Å². The van der Waals surface area contributed by atoms with Crippen LogP contribution in [-0.4, -0.2) is 59.2 Å². The van der Waals surface area contributed by atoms with Gasteiger partial charge in [0.15, 0.2) is 0 Å². The van der Waals surface area contributed by atoms with Gasteiger partial charge in [-0.15, -0.1) is 0 Å². The molecule has 5 rings (SSSR count). The number of benzene rings is 1. The molecule has 32 heavy (non-hydrogen) atoms. The zero-order valence-electron chi connectivity index (χ0n) is 18.6. The predicted octanol–water partition coefficient (Wildman–Crippen LogP) is 2.56. The van der Waals surface area contributed by atoms with Crippen LogP contribution in [0.25, 0.3) is 11.4 Å². The van der Waals surface area contributed by atoms with Crippen molar-refractivity contribution in [2.24, 2.45) is 5.73 Å². The lowest BCUT2D eigenvalue weighted by molar-refractivity contribution is 0.0963. The maximum absolute atomic E-state index is 11.8. The molecule has 0 saturated carbocycles. The van der Waals surface area contributed by atoms with E-state index >= 15 is 0 Å². The number of carbonyl (C=O) groups is 1. The van der Waals surface area contributed by atoms with Crippen molar-refractivity contribution in [2.75, 3.05) is 43.4 Å². The average molecular weight is 434 g/mol. The summed E-state index contributed by atoms with van der Waals surface area (Å²) in [6.07, 6.45) is 2.41. The highest BCUT2D eigenvalue weighted by molar-refractivity contribution is 5.93. The summed E-state index contributed by atoms with van der Waals surface area (Å²) >= 11 is 0. The highest BCUT2D eigenvalue weighted by Crippen LogP contribution is 2.42. The Morgan fingerprint density at radius 2 is 1.84 bits per heavy atom. The van der Waals surface area contributed by atoms with Crippen LogP contribution in [0.1, 0.15) is 35.5 Å². The number of nitrogens with one attached hydrogen (secondary N) is 1. The standard InChI is InChI=1S/C23H27N7O2/c1-23(2)12-16-18(28-32-20(16)21(24)31)19-17(23)13-25-22(27-19)26-14-4-6-15(7-5-14)30-10-8-29(3)9-11-30/h4-7,13H,8-12H2,1-3H3,(H2,24,31)(H,25,26,27). The maximum atomic E-state index is 11.8. The molecule has 0 spiro atoms. The first kappa shape index (κ1) is 20.4. The summed E-state index contributed by atoms with van der Waals surface area (Å²) in [4.78, 5) is 25.8. The summed E-state index contributed by atoms with van der Waals surface area (Å²) in [6, 6.07) is 8.30. The molecule has 0 bridgehead atoms. The van der Waals surface area contributed by atoms with Gasteiger partial charge in [0.1, 0.15) is 11.4 Å². The summed E-state index contributed by atoms with van der Waals surface area (Å²) < 4.78 is 5.25. The van der Waals surface area contributed by atoms with Gasteiger partial charge in [0.25, 0.3) is 5.91 Å². The largest absolute Gasteiger partial charge is 0.369 e. The van der Waals surface area contributed by atoms with E-state index in [0.29, 0.717) is 29.3 Å². The molecule has 1 aliphatic carbocycles. The average Bonchev–Trinajstić information content (AvgIpc) is 3.18. The number of amides is 1. The first-order valence-corrected chi connectivity index (χ1v) is 10.8. The quantitative estimate of drug-likeness (QED) is 0.645. The molecular formula is C23H27N7O2. The molecule has 166 valence electrons. The first-order chi connectivity index (χ1) is 15.3. The molecule has 1 amide bonds. The molecule has 2 aromatic heterocycles. The van der Waals surface area contributed by atoms with Gasteiger partial charge in [0, 0.05) is 54.9 Å². The summed E-state index contributed by atoms with van der Waals surface area (Å²) in [5, 5.41) is 7.38. The van der Waals surface area contributed by atoms with Crippen LogP contribution in [0.5, 0.6) is 0 Å². The summed E-state index contributed by atoms with van der Waals surface area (Å²) in [5.74, 6) is -0.0550. The number of rotatable bonds is 4. The molecular weight excluding hydrogens is 406 g/mol. The van der Waals surface area contributed by atoms with Gasteiger partial charge in [-0.05, 0) is 43.1 Å². The van der Waals surface area contributed by atoms with Crippen molar-refractivity contribution in [3.8, 4) is 11.4 Å². The summed E-state index contributed by atoms with van der Waals surface area (Å²) in [5.41, 5.74) is 10.2. The van der Waals surface area contributed by atoms with Crippen LogP contribution in [-0.2, 0) is 11.8 Å². The van der Waals surface area contributed by atoms with Crippen LogP contribution < -0.4 is 16.0 Å². The van der Waals surface area contributed by atoms with Gasteiger partial charge in [-0.3, -0.25) is 4.79 Å². The topological polar surface area (TPSA) is 113 Å². The SMILES string of the molecule is CN1CCN(c2ccc(Nc3ncc4c(n3)-c3noc(C(N)=O)c3CC4(C)C)cc2)CC1. The van der Waals surface area contributed by atoms with Gasteiger partial charge in [-0.1, -0.05) is 19.0 Å². The number of carbonyl (C=O) groups excluding carboxylic acids is 1. The zero-order valence-corrected chi connectivity index (χ0v) is 18.6. The molecule has 1 aliphatic heterocycles. The van der Waals surface area contributed by atoms with Crippen molar-refractivity contribution in [3.63, 3.8) is 0 Å². The van der Waals surface area contributed by atoms with E-state index < -0.39 is 5.91 Å². The molecule has 2 aliphatic rings. The van der Waals surface area contributed by atoms with E-state index in [1.165, 1.54) is 5.69 Å². The third-order valence-electron chi connectivity index (χ3n) is 6.36. The minimum absolute atomic E-state index is 0.103. The third kappa shape index (κ3) is 3.58. The summed E-state index contributed by atoms with van der Waals surface area (Å²) in [7, 11) is 2.15. The molecule has 0 atom stereocenters. The number of aromatic nitrogens is 3. The van der Waals surface area contributed by atoms with Crippen LogP contribution in [0.15, 0.2) is 35.0 Å². The van der Waals surface area contributed by atoms with Crippen molar-refractivity contribution in [3.05, 3.63) is 47.3 Å². The Kier molecular flexibility index (Phi) is 4.85. The third-order valence-corrected chi connectivity index (χ3v) is 6.36. The molecule has 3 heterocycles. The Hall–Kier alpha value is -3.46. The maximum Gasteiger partial charge on any atom is 0.287 e. The Balaban J connectivity index is 1.41. The highest BCUT2D eigenvalue weighted by atomic mass is 16.5. The molecule has 1 fully saturated rings. The lowest BCUT2D eigenvalue weighted by atomic mass is 9.74. The zero-order chi connectivity index (χ0) is 22.5. The molecule has 9 heteroatoms. The molecule has 3 aromatic rings. The van der Waals surface area contributed by atoms with Crippen molar-refractivity contribution in [1.29, 1.82) is 0 Å². The second-order valence-electron chi connectivity index (χ2n) is 9.18. The highest BCUT2D eigenvalue weighted by Gasteiger charge is 2.38. The van der Waals surface area contributed by atoms with Crippen LogP contribution in [0.4, 0.5) is 17.3 Å². The number of likely N-dealkylation sites (N-methyl/N-ethyl adjacent to an activating group) is 1. The minimum atomic E-state index is -0.620. The Morgan fingerprint density at radius 3 is 2.53 bits per heavy atom. The van der Waals surface area contributed by atoms with Gasteiger partial charge in [-0.2, -0.15) is 0 Å². The van der Waals surface area contributed by atoms with Gasteiger partial charge < -0.3 is 25.4 Å². The minimum Gasteiger partial charge on any atom is -0.369 e. The van der Waals surface area contributed by atoms with E-state index in [1.807, 2.05) is 18.3 Å². The lowest BCUT2D eigenvalue weighted by Crippen LogP contribution is -2.44. The smallest absolute Gasteiger partial charge is 0.287 e. The van der Waals surface area contributed by atoms with Crippen molar-refractivity contribution >= 4 is 23.2 Å². The number of nitrogens with zero attached hydrogens (tertiary/aromatic N) is 5. The predicted molar refractivity (Wildman–Crippen MR) is 122 cm³/mol. The van der Waals surface area contributed by atoms with E-state index in [1.54, 1.807) is 0 Å². The van der Waals surface area contributed by atoms with E-state index in [0.717, 1.165) is 37.4 Å². The van der Waals surface area contributed by atoms with Crippen molar-refractivity contribution in [1.82, 2.24) is 20.0 Å². The molecule has 1 aromatic carbocycles. The van der Waals surface area contributed by atoms with Gasteiger partial charge >= 0.3 is 0 Å². The van der Waals surface area contributed by atoms with E-state index in [-0.39, 0.29) is 11.2 Å². The lowest BCUT2D eigenvalue weighted by Gasteiger charge is -2.34. The first-order valence-electron chi connectivity index (χ1n) is 10.8. The normalized spacial score (nSPS) is 17.5. The number of anilines is 3. The monoisotopic (exact) mass is 433 g/mol. The number of hydrogen-bond donors (Lipinski definition) is 2. The molecule has 9 nitrogen and oxygen atoms in total. The molecule has 0 unspecified atom stereocenters. The molecule has 1 saturated heterocycles. The fourth-order valence-corrected chi connectivity index (χ4v) is 4.46. The van der Waals surface area contributed by atoms with E-state index in [2.05, 4.69) is 58.3 Å². The molecule has 3 N–H and O–H groups in total. The second kappa shape index (κ2) is 7.59. The fourth-order valence-electron chi connectivity index (χ4n) is 4.46. The number of primary amides is 1. The Labute approximate surface area is 186 Å². The van der Waals surface area contributed by atoms with Gasteiger partial charge in [-0.25, -0.2) is 9.97 Å². The summed E-state index contributed by atoms with van der Waals surface area (Å²) in [6.45, 7) is 8.36. The molecule has 0 radical (unpaired) electrons. The van der Waals surface area contributed by atoms with Crippen molar-refractivity contribution in [2.45, 2.75) is 25.7 Å². The number of piperazine rings is 1. The number of fused-ring (bicyclic) bond motifs is 3. The van der Waals surface area contributed by atoms with Crippen LogP contribution in [0.3, 0.4) is 0 Å². The van der Waals surface area contributed by atoms with Crippen molar-refractivity contribution < 1.29 is 9.32 Å².